The quantitative estimate of drug-likeness (QED) is 0.161. The van der Waals surface area contributed by atoms with Crippen LogP contribution in [0.4, 0.5) is 0 Å². The summed E-state index contributed by atoms with van der Waals surface area (Å²) in [6.45, 7) is 0. The zero-order valence-electron chi connectivity index (χ0n) is 33.4. The third-order valence-corrected chi connectivity index (χ3v) is 11.7. The van der Waals surface area contributed by atoms with E-state index < -0.39 is 0 Å². The van der Waals surface area contributed by atoms with E-state index >= 15 is 0 Å². The summed E-state index contributed by atoms with van der Waals surface area (Å²) in [5, 5.41) is 4.39. The fraction of sp³-hybridized carbons (Fsp3) is 0. The van der Waals surface area contributed by atoms with Crippen LogP contribution in [0.1, 0.15) is 0 Å². The minimum atomic E-state index is 0.532. The summed E-state index contributed by atoms with van der Waals surface area (Å²) in [6.07, 6.45) is 1.97. The maximum absolute atomic E-state index is 6.63. The summed E-state index contributed by atoms with van der Waals surface area (Å²) in [5.41, 5.74) is 13.5. The molecule has 0 bridgehead atoms. The van der Waals surface area contributed by atoms with Gasteiger partial charge in [0.1, 0.15) is 11.2 Å². The molecule has 4 heterocycles. The molecule has 12 rings (SSSR count). The van der Waals surface area contributed by atoms with Crippen molar-refractivity contribution in [3.63, 3.8) is 0 Å². The number of nitrogens with zero attached hydrogens (tertiary/aromatic N) is 5. The maximum atomic E-state index is 6.63. The minimum Gasteiger partial charge on any atom is -0.456 e. The Morgan fingerprint density at radius 1 is 0.355 bits per heavy atom. The Morgan fingerprint density at radius 2 is 0.919 bits per heavy atom. The first-order chi connectivity index (χ1) is 30.7. The van der Waals surface area contributed by atoms with Gasteiger partial charge in [-0.25, -0.2) is 15.0 Å². The number of para-hydroxylation sites is 2. The second-order valence-electron chi connectivity index (χ2n) is 15.4. The third-order valence-electron chi connectivity index (χ3n) is 11.7. The van der Waals surface area contributed by atoms with Crippen LogP contribution in [-0.2, 0) is 0 Å². The summed E-state index contributed by atoms with van der Waals surface area (Å²) in [4.78, 5) is 20.8. The van der Waals surface area contributed by atoms with Crippen molar-refractivity contribution in [3.05, 3.63) is 212 Å². The Hall–Kier alpha value is -8.48. The van der Waals surface area contributed by atoms with Crippen LogP contribution in [0.3, 0.4) is 0 Å². The molecule has 0 aliphatic carbocycles. The van der Waals surface area contributed by atoms with E-state index in [0.717, 1.165) is 99.6 Å². The molecule has 6 nitrogen and oxygen atoms in total. The highest BCUT2D eigenvalue weighted by Crippen LogP contribution is 2.44. The molecule has 4 aromatic heterocycles. The average molecular weight is 794 g/mol. The van der Waals surface area contributed by atoms with Gasteiger partial charge in [0.05, 0.1) is 16.7 Å². The summed E-state index contributed by atoms with van der Waals surface area (Å²) in [7, 11) is 0. The predicted octanol–water partition coefficient (Wildman–Crippen LogP) is 14.3. The van der Waals surface area contributed by atoms with E-state index in [1.807, 2.05) is 72.9 Å². The average Bonchev–Trinajstić information content (AvgIpc) is 3.90. The number of hydrogen-bond donors (Lipinski definition) is 0. The van der Waals surface area contributed by atoms with E-state index in [1.54, 1.807) is 0 Å². The van der Waals surface area contributed by atoms with Crippen LogP contribution in [0.25, 0.3) is 117 Å². The summed E-state index contributed by atoms with van der Waals surface area (Å²) in [6, 6.07) is 71.1. The fourth-order valence-corrected chi connectivity index (χ4v) is 8.88. The lowest BCUT2D eigenvalue weighted by atomic mass is 9.93. The molecule has 8 aromatic carbocycles. The molecule has 62 heavy (non-hydrogen) atoms. The molecule has 0 atom stereocenters. The molecule has 0 fully saturated rings. The monoisotopic (exact) mass is 793 g/mol. The highest BCUT2D eigenvalue weighted by atomic mass is 16.3. The predicted molar refractivity (Wildman–Crippen MR) is 252 cm³/mol. The molecule has 0 aliphatic rings. The van der Waals surface area contributed by atoms with Crippen LogP contribution >= 0.6 is 0 Å². The largest absolute Gasteiger partial charge is 0.456 e. The first-order valence-corrected chi connectivity index (χ1v) is 20.7. The Labute approximate surface area is 357 Å². The molecule has 0 saturated carbocycles. The lowest BCUT2D eigenvalue weighted by Crippen LogP contribution is -2.02. The van der Waals surface area contributed by atoms with Gasteiger partial charge in [0.15, 0.2) is 17.5 Å². The van der Waals surface area contributed by atoms with Gasteiger partial charge in [-0.05, 0) is 71.3 Å². The zero-order chi connectivity index (χ0) is 41.0. The molecule has 0 saturated heterocycles. The lowest BCUT2D eigenvalue weighted by Gasteiger charge is -2.15. The van der Waals surface area contributed by atoms with Crippen molar-refractivity contribution in [2.24, 2.45) is 0 Å². The van der Waals surface area contributed by atoms with E-state index in [4.69, 9.17) is 24.4 Å². The molecule has 0 unspecified atom stereocenters. The Balaban J connectivity index is 1.12. The van der Waals surface area contributed by atoms with E-state index in [1.165, 1.54) is 0 Å². The van der Waals surface area contributed by atoms with Crippen LogP contribution in [0.2, 0.25) is 0 Å². The third kappa shape index (κ3) is 5.96. The van der Waals surface area contributed by atoms with Crippen molar-refractivity contribution in [3.8, 4) is 73.4 Å². The number of pyridine rings is 1. The highest BCUT2D eigenvalue weighted by molar-refractivity contribution is 6.27. The maximum Gasteiger partial charge on any atom is 0.166 e. The van der Waals surface area contributed by atoms with Crippen molar-refractivity contribution in [1.82, 2.24) is 24.5 Å². The Bertz CT molecular complexity index is 3560. The van der Waals surface area contributed by atoms with Crippen molar-refractivity contribution < 1.29 is 4.42 Å². The molecular weight excluding hydrogens is 759 g/mol. The summed E-state index contributed by atoms with van der Waals surface area (Å²) < 4.78 is 8.97. The summed E-state index contributed by atoms with van der Waals surface area (Å²) >= 11 is 0. The van der Waals surface area contributed by atoms with Crippen molar-refractivity contribution in [2.45, 2.75) is 0 Å². The minimum absolute atomic E-state index is 0.532. The molecule has 290 valence electrons. The van der Waals surface area contributed by atoms with Crippen LogP contribution in [0.5, 0.6) is 0 Å². The number of aromatic nitrogens is 5. The normalized spacial score (nSPS) is 11.5. The topological polar surface area (TPSA) is 69.6 Å². The molecule has 0 spiro atoms. The molecular formula is C56H35N5O. The Kier molecular flexibility index (Phi) is 8.38. The van der Waals surface area contributed by atoms with Crippen LogP contribution in [0.15, 0.2) is 217 Å². The first-order valence-electron chi connectivity index (χ1n) is 20.7. The molecule has 6 heteroatoms. The SMILES string of the molecule is c1ccc(-c2nc(-c3ccccc3)nc(-c3cc(-c4ccccc4-c4ccccc4)cnc3-c3ccc4oc5ccc6c(c7ccccc7n6-c6ccccc6)c5c4c3)n2)cc1. The standard InChI is InChI=1S/C56H35N5O/c1-5-17-36(18-6-1)42-25-13-14-26-43(42)40-34-46(56-59-54(37-19-7-2-8-20-37)58-55(60-56)38-21-9-3-10-22-38)53(57-35-40)39-29-31-49-45(33-39)52-50(62-49)32-30-48-51(52)44-27-15-16-28-47(44)61(48)41-23-11-4-12-24-41/h1-35H. The van der Waals surface area contributed by atoms with Crippen molar-refractivity contribution >= 4 is 43.7 Å². The number of rotatable bonds is 7. The van der Waals surface area contributed by atoms with E-state index in [2.05, 4.69) is 144 Å². The molecule has 0 N–H and O–H groups in total. The second kappa shape index (κ2) is 14.7. The molecule has 0 amide bonds. The fourth-order valence-electron chi connectivity index (χ4n) is 8.88. The van der Waals surface area contributed by atoms with Crippen molar-refractivity contribution in [1.29, 1.82) is 0 Å². The molecule has 0 aliphatic heterocycles. The van der Waals surface area contributed by atoms with Gasteiger partial charge in [-0.15, -0.1) is 0 Å². The lowest BCUT2D eigenvalue weighted by molar-refractivity contribution is 0.669. The van der Waals surface area contributed by atoms with Gasteiger partial charge < -0.3 is 8.98 Å². The van der Waals surface area contributed by atoms with Gasteiger partial charge >= 0.3 is 0 Å². The van der Waals surface area contributed by atoms with Gasteiger partial charge in [-0.2, -0.15) is 0 Å². The van der Waals surface area contributed by atoms with Crippen LogP contribution < -0.4 is 0 Å². The van der Waals surface area contributed by atoms with Crippen LogP contribution in [-0.4, -0.2) is 24.5 Å². The smallest absolute Gasteiger partial charge is 0.166 e. The van der Waals surface area contributed by atoms with E-state index in [-0.39, 0.29) is 0 Å². The first kappa shape index (κ1) is 35.5. The number of benzene rings is 8. The van der Waals surface area contributed by atoms with E-state index in [9.17, 15) is 0 Å². The number of fused-ring (bicyclic) bond motifs is 7. The van der Waals surface area contributed by atoms with Gasteiger partial charge in [-0.1, -0.05) is 152 Å². The highest BCUT2D eigenvalue weighted by Gasteiger charge is 2.22. The van der Waals surface area contributed by atoms with E-state index in [0.29, 0.717) is 17.5 Å². The Morgan fingerprint density at radius 3 is 1.61 bits per heavy atom. The number of hydrogen-bond acceptors (Lipinski definition) is 5. The summed E-state index contributed by atoms with van der Waals surface area (Å²) in [5.74, 6) is 1.71. The van der Waals surface area contributed by atoms with Gasteiger partial charge in [0, 0.05) is 61.2 Å². The molecule has 0 radical (unpaired) electrons. The van der Waals surface area contributed by atoms with Crippen LogP contribution in [0, 0.1) is 0 Å². The van der Waals surface area contributed by atoms with Crippen molar-refractivity contribution in [2.75, 3.05) is 0 Å². The zero-order valence-corrected chi connectivity index (χ0v) is 33.4. The van der Waals surface area contributed by atoms with Gasteiger partial charge in [-0.3, -0.25) is 4.98 Å². The second-order valence-corrected chi connectivity index (χ2v) is 15.4. The van der Waals surface area contributed by atoms with Gasteiger partial charge in [0.2, 0.25) is 0 Å². The van der Waals surface area contributed by atoms with Gasteiger partial charge in [0.25, 0.3) is 0 Å². The molecule has 12 aromatic rings. The number of furan rings is 1.